The van der Waals surface area contributed by atoms with Crippen molar-refractivity contribution < 1.29 is 5.11 Å². The van der Waals surface area contributed by atoms with E-state index in [1.807, 2.05) is 0 Å². The van der Waals surface area contributed by atoms with Crippen molar-refractivity contribution in [2.45, 2.75) is 50.8 Å². The number of aliphatic hydroxyl groups is 1. The lowest BCUT2D eigenvalue weighted by Crippen LogP contribution is -2.52. The van der Waals surface area contributed by atoms with E-state index in [2.05, 4.69) is 12.2 Å². The van der Waals surface area contributed by atoms with Crippen LogP contribution in [-0.4, -0.2) is 23.3 Å². The molecule has 0 radical (unpaired) electrons. The molecule has 2 rings (SSSR count). The van der Waals surface area contributed by atoms with E-state index in [-0.39, 0.29) is 6.10 Å². The van der Waals surface area contributed by atoms with Gasteiger partial charge in [-0.2, -0.15) is 0 Å². The van der Waals surface area contributed by atoms with Crippen LogP contribution in [0.4, 0.5) is 0 Å². The quantitative estimate of drug-likeness (QED) is 0.621. The van der Waals surface area contributed by atoms with Gasteiger partial charge in [0.2, 0.25) is 0 Å². The monoisotopic (exact) mass is 155 g/mol. The Morgan fingerprint density at radius 3 is 2.09 bits per heavy atom. The fraction of sp³-hybridized carbons (Fsp3) is 1.00. The molecule has 0 spiro atoms. The molecule has 2 saturated carbocycles. The molecule has 0 unspecified atom stereocenters. The molecular weight excluding hydrogens is 138 g/mol. The van der Waals surface area contributed by atoms with Crippen LogP contribution in [0.15, 0.2) is 0 Å². The van der Waals surface area contributed by atoms with Crippen molar-refractivity contribution in [3.05, 3.63) is 0 Å². The molecule has 2 N–H and O–H groups in total. The molecule has 2 fully saturated rings. The van der Waals surface area contributed by atoms with Crippen LogP contribution in [0.2, 0.25) is 0 Å². The van der Waals surface area contributed by atoms with Crippen molar-refractivity contribution in [1.29, 1.82) is 0 Å². The molecule has 2 nitrogen and oxygen atoms in total. The topological polar surface area (TPSA) is 32.3 Å². The fourth-order valence-corrected chi connectivity index (χ4v) is 2.10. The van der Waals surface area contributed by atoms with Crippen LogP contribution < -0.4 is 5.32 Å². The van der Waals surface area contributed by atoms with Crippen molar-refractivity contribution in [3.8, 4) is 0 Å². The molecule has 2 heteroatoms. The van der Waals surface area contributed by atoms with Crippen LogP contribution in [0.25, 0.3) is 0 Å². The molecule has 0 aromatic heterocycles. The van der Waals surface area contributed by atoms with Crippen molar-refractivity contribution in [1.82, 2.24) is 5.32 Å². The fourth-order valence-electron chi connectivity index (χ4n) is 2.10. The molecule has 2 aliphatic carbocycles. The van der Waals surface area contributed by atoms with Gasteiger partial charge in [0.25, 0.3) is 0 Å². The molecule has 11 heavy (non-hydrogen) atoms. The zero-order chi connectivity index (χ0) is 7.84. The van der Waals surface area contributed by atoms with Gasteiger partial charge in [0.15, 0.2) is 0 Å². The Morgan fingerprint density at radius 1 is 1.09 bits per heavy atom. The van der Waals surface area contributed by atoms with Gasteiger partial charge < -0.3 is 10.4 Å². The standard InChI is InChI=1S/C9H17NO/c1-6-2-7(3-6)10-8-4-9(11)5-8/h6-11H,2-5H2,1H3. The number of aliphatic hydroxyl groups excluding tert-OH is 1. The van der Waals surface area contributed by atoms with Gasteiger partial charge in [-0.05, 0) is 31.6 Å². The Labute approximate surface area is 68.0 Å². The maximum atomic E-state index is 9.03. The van der Waals surface area contributed by atoms with Gasteiger partial charge in [0.05, 0.1) is 6.10 Å². The van der Waals surface area contributed by atoms with E-state index in [4.69, 9.17) is 5.11 Å². The summed E-state index contributed by atoms with van der Waals surface area (Å²) in [5.74, 6) is 0.928. The van der Waals surface area contributed by atoms with Gasteiger partial charge in [-0.25, -0.2) is 0 Å². The van der Waals surface area contributed by atoms with Crippen molar-refractivity contribution >= 4 is 0 Å². The van der Waals surface area contributed by atoms with E-state index in [0.29, 0.717) is 6.04 Å². The zero-order valence-corrected chi connectivity index (χ0v) is 7.09. The van der Waals surface area contributed by atoms with E-state index in [1.165, 1.54) is 12.8 Å². The van der Waals surface area contributed by atoms with Crippen LogP contribution in [0.3, 0.4) is 0 Å². The summed E-state index contributed by atoms with van der Waals surface area (Å²) in [6.07, 6.45) is 4.62. The average Bonchev–Trinajstić information content (AvgIpc) is 1.81. The van der Waals surface area contributed by atoms with Crippen LogP contribution in [-0.2, 0) is 0 Å². The number of hydrogen-bond acceptors (Lipinski definition) is 2. The van der Waals surface area contributed by atoms with E-state index in [9.17, 15) is 0 Å². The molecule has 2 aliphatic rings. The summed E-state index contributed by atoms with van der Waals surface area (Å²) >= 11 is 0. The largest absolute Gasteiger partial charge is 0.393 e. The number of nitrogens with one attached hydrogen (secondary N) is 1. The molecule has 0 aromatic rings. The SMILES string of the molecule is CC1CC(NC2CC(O)C2)C1. The first-order valence-electron chi connectivity index (χ1n) is 4.68. The van der Waals surface area contributed by atoms with E-state index in [1.54, 1.807) is 0 Å². The predicted molar refractivity (Wildman–Crippen MR) is 44.4 cm³/mol. The first kappa shape index (κ1) is 7.56. The Morgan fingerprint density at radius 2 is 1.64 bits per heavy atom. The summed E-state index contributed by atoms with van der Waals surface area (Å²) in [4.78, 5) is 0. The second-order valence-corrected chi connectivity index (χ2v) is 4.26. The molecule has 0 saturated heterocycles. The molecule has 0 atom stereocenters. The predicted octanol–water partition coefficient (Wildman–Crippen LogP) is 0.898. The van der Waals surface area contributed by atoms with Gasteiger partial charge in [-0.15, -0.1) is 0 Å². The van der Waals surface area contributed by atoms with E-state index in [0.717, 1.165) is 24.8 Å². The third-order valence-corrected chi connectivity index (χ3v) is 2.96. The molecule has 0 aromatic carbocycles. The summed E-state index contributed by atoms with van der Waals surface area (Å²) < 4.78 is 0. The highest BCUT2D eigenvalue weighted by Crippen LogP contribution is 2.29. The summed E-state index contributed by atoms with van der Waals surface area (Å²) in [5.41, 5.74) is 0. The first-order chi connectivity index (χ1) is 5.24. The summed E-state index contributed by atoms with van der Waals surface area (Å²) in [6.45, 7) is 2.30. The smallest absolute Gasteiger partial charge is 0.0570 e. The maximum absolute atomic E-state index is 9.03. The molecule has 0 aliphatic heterocycles. The highest BCUT2D eigenvalue weighted by atomic mass is 16.3. The van der Waals surface area contributed by atoms with Crippen molar-refractivity contribution in [2.24, 2.45) is 5.92 Å². The van der Waals surface area contributed by atoms with Crippen LogP contribution >= 0.6 is 0 Å². The summed E-state index contributed by atoms with van der Waals surface area (Å²) in [5, 5.41) is 12.6. The minimum absolute atomic E-state index is 0.00926. The van der Waals surface area contributed by atoms with Crippen molar-refractivity contribution in [3.63, 3.8) is 0 Å². The van der Waals surface area contributed by atoms with Crippen LogP contribution in [0.1, 0.15) is 32.6 Å². The minimum Gasteiger partial charge on any atom is -0.393 e. The lowest BCUT2D eigenvalue weighted by molar-refractivity contribution is 0.0478. The minimum atomic E-state index is -0.00926. The zero-order valence-electron chi connectivity index (χ0n) is 7.09. The van der Waals surface area contributed by atoms with Gasteiger partial charge in [0, 0.05) is 12.1 Å². The summed E-state index contributed by atoms with van der Waals surface area (Å²) in [7, 11) is 0. The Bertz CT molecular complexity index is 120. The lowest BCUT2D eigenvalue weighted by atomic mass is 9.79. The average molecular weight is 155 g/mol. The number of hydrogen-bond donors (Lipinski definition) is 2. The third kappa shape index (κ3) is 1.57. The highest BCUT2D eigenvalue weighted by Gasteiger charge is 2.32. The molecule has 0 heterocycles. The maximum Gasteiger partial charge on any atom is 0.0570 e. The van der Waals surface area contributed by atoms with Crippen LogP contribution in [0.5, 0.6) is 0 Å². The number of rotatable bonds is 2. The molecular formula is C9H17NO. The van der Waals surface area contributed by atoms with Gasteiger partial charge >= 0.3 is 0 Å². The first-order valence-corrected chi connectivity index (χ1v) is 4.68. The second-order valence-electron chi connectivity index (χ2n) is 4.26. The van der Waals surface area contributed by atoms with Gasteiger partial charge in [0.1, 0.15) is 0 Å². The Balaban J connectivity index is 1.61. The van der Waals surface area contributed by atoms with Gasteiger partial charge in [-0.3, -0.25) is 0 Å². The Kier molecular flexibility index (Phi) is 1.90. The lowest BCUT2D eigenvalue weighted by Gasteiger charge is -2.41. The second kappa shape index (κ2) is 2.76. The van der Waals surface area contributed by atoms with Crippen LogP contribution in [0, 0.1) is 5.92 Å². The van der Waals surface area contributed by atoms with Crippen molar-refractivity contribution in [2.75, 3.05) is 0 Å². The highest BCUT2D eigenvalue weighted by molar-refractivity contribution is 4.91. The molecule has 64 valence electrons. The van der Waals surface area contributed by atoms with Gasteiger partial charge in [-0.1, -0.05) is 6.92 Å². The normalized spacial score (nSPS) is 49.6. The van der Waals surface area contributed by atoms with E-state index < -0.39 is 0 Å². The molecule has 0 bridgehead atoms. The molecule has 0 amide bonds. The van der Waals surface area contributed by atoms with E-state index >= 15 is 0 Å². The Hall–Kier alpha value is -0.0800. The summed E-state index contributed by atoms with van der Waals surface area (Å²) in [6, 6.07) is 1.39. The third-order valence-electron chi connectivity index (χ3n) is 2.96.